The molecule has 3 rings (SSSR count). The van der Waals surface area contributed by atoms with Crippen molar-refractivity contribution in [1.82, 2.24) is 9.55 Å². The second-order valence-electron chi connectivity index (χ2n) is 4.85. The van der Waals surface area contributed by atoms with Gasteiger partial charge in [0.15, 0.2) is 0 Å². The van der Waals surface area contributed by atoms with E-state index in [1.165, 1.54) is 21.6 Å². The Kier molecular flexibility index (Phi) is 3.22. The molecule has 2 heterocycles. The van der Waals surface area contributed by atoms with Gasteiger partial charge in [0.05, 0.1) is 4.88 Å². The lowest BCUT2D eigenvalue weighted by atomic mass is 10.1. The third kappa shape index (κ3) is 2.61. The Bertz CT molecular complexity index is 660. The van der Waals surface area contributed by atoms with Gasteiger partial charge in [0, 0.05) is 18.9 Å². The van der Waals surface area contributed by atoms with Crippen LogP contribution in [-0.2, 0) is 6.54 Å². The Morgan fingerprint density at radius 1 is 1.16 bits per heavy atom. The van der Waals surface area contributed by atoms with Crippen molar-refractivity contribution < 1.29 is 0 Å². The highest BCUT2D eigenvalue weighted by Crippen LogP contribution is 2.23. The minimum Gasteiger partial charge on any atom is -0.326 e. The van der Waals surface area contributed by atoms with Gasteiger partial charge in [-0.3, -0.25) is 0 Å². The fraction of sp³-hybridized carbons (Fsp3) is 0.188. The highest BCUT2D eigenvalue weighted by Gasteiger charge is 2.07. The molecule has 0 atom stereocenters. The maximum atomic E-state index is 4.47. The normalized spacial score (nSPS) is 10.8. The summed E-state index contributed by atoms with van der Waals surface area (Å²) in [6, 6.07) is 10.9. The maximum Gasteiger partial charge on any atom is 0.150 e. The number of imidazole rings is 1. The molecule has 0 amide bonds. The first-order valence-electron chi connectivity index (χ1n) is 6.34. The molecule has 96 valence electrons. The van der Waals surface area contributed by atoms with Gasteiger partial charge in [-0.2, -0.15) is 0 Å². The van der Waals surface area contributed by atoms with Crippen LogP contribution in [0.3, 0.4) is 0 Å². The first-order valence-corrected chi connectivity index (χ1v) is 7.22. The summed E-state index contributed by atoms with van der Waals surface area (Å²) in [5.41, 5.74) is 3.95. The van der Waals surface area contributed by atoms with Crippen molar-refractivity contribution in [2.45, 2.75) is 20.4 Å². The molecule has 2 nitrogen and oxygen atoms in total. The molecule has 0 aliphatic carbocycles. The Labute approximate surface area is 117 Å². The molecule has 0 bridgehead atoms. The van der Waals surface area contributed by atoms with E-state index >= 15 is 0 Å². The van der Waals surface area contributed by atoms with Gasteiger partial charge in [-0.1, -0.05) is 35.4 Å². The van der Waals surface area contributed by atoms with Crippen LogP contribution in [0.5, 0.6) is 0 Å². The first-order chi connectivity index (χ1) is 9.22. The molecule has 0 radical (unpaired) electrons. The highest BCUT2D eigenvalue weighted by molar-refractivity contribution is 7.13. The molecule has 3 heteroatoms. The number of nitrogens with zero attached hydrogens (tertiary/aromatic N) is 2. The van der Waals surface area contributed by atoms with Gasteiger partial charge in [0.25, 0.3) is 0 Å². The fourth-order valence-corrected chi connectivity index (χ4v) is 3.16. The summed E-state index contributed by atoms with van der Waals surface area (Å²) in [7, 11) is 0. The quantitative estimate of drug-likeness (QED) is 0.693. The van der Waals surface area contributed by atoms with Crippen molar-refractivity contribution in [3.8, 4) is 10.7 Å². The molecule has 0 fully saturated rings. The number of aryl methyl sites for hydroxylation is 2. The molecule has 0 saturated carbocycles. The van der Waals surface area contributed by atoms with E-state index in [2.05, 4.69) is 59.1 Å². The van der Waals surface area contributed by atoms with Gasteiger partial charge >= 0.3 is 0 Å². The second-order valence-corrected chi connectivity index (χ2v) is 5.80. The summed E-state index contributed by atoms with van der Waals surface area (Å²) in [6.45, 7) is 5.16. The molecule has 0 N–H and O–H groups in total. The summed E-state index contributed by atoms with van der Waals surface area (Å²) in [6.07, 6.45) is 3.92. The molecule has 2 aromatic heterocycles. The Morgan fingerprint density at radius 2 is 1.95 bits per heavy atom. The Balaban J connectivity index is 1.94. The van der Waals surface area contributed by atoms with Crippen molar-refractivity contribution in [2.24, 2.45) is 0 Å². The van der Waals surface area contributed by atoms with E-state index in [-0.39, 0.29) is 0 Å². The van der Waals surface area contributed by atoms with Crippen molar-refractivity contribution in [3.05, 3.63) is 64.8 Å². The van der Waals surface area contributed by atoms with E-state index in [4.69, 9.17) is 0 Å². The van der Waals surface area contributed by atoms with Gasteiger partial charge in [-0.25, -0.2) is 4.98 Å². The highest BCUT2D eigenvalue weighted by atomic mass is 32.1. The number of rotatable bonds is 3. The molecule has 19 heavy (non-hydrogen) atoms. The summed E-state index contributed by atoms with van der Waals surface area (Å²) >= 11 is 1.73. The van der Waals surface area contributed by atoms with Crippen molar-refractivity contribution >= 4 is 11.3 Å². The molecule has 0 aliphatic heterocycles. The van der Waals surface area contributed by atoms with E-state index in [9.17, 15) is 0 Å². The molecular formula is C16H16N2S. The molecule has 0 aliphatic rings. The Hall–Kier alpha value is -1.87. The lowest BCUT2D eigenvalue weighted by molar-refractivity contribution is 0.807. The molecule has 0 saturated heterocycles. The lowest BCUT2D eigenvalue weighted by Gasteiger charge is -2.08. The van der Waals surface area contributed by atoms with Gasteiger partial charge in [0.1, 0.15) is 5.82 Å². The molecular weight excluding hydrogens is 252 g/mol. The SMILES string of the molecule is Cc1cc(C)cc(Cn2ccnc2-c2cccs2)c1. The van der Waals surface area contributed by atoms with Crippen LogP contribution in [0.2, 0.25) is 0 Å². The average molecular weight is 268 g/mol. The van der Waals surface area contributed by atoms with Crippen molar-refractivity contribution in [3.63, 3.8) is 0 Å². The van der Waals surface area contributed by atoms with Crippen LogP contribution < -0.4 is 0 Å². The zero-order chi connectivity index (χ0) is 13.2. The van der Waals surface area contributed by atoms with Crippen LogP contribution >= 0.6 is 11.3 Å². The topological polar surface area (TPSA) is 17.8 Å². The second kappa shape index (κ2) is 5.02. The summed E-state index contributed by atoms with van der Waals surface area (Å²) in [5, 5.41) is 2.09. The number of benzene rings is 1. The molecule has 1 aromatic carbocycles. The zero-order valence-electron chi connectivity index (χ0n) is 11.1. The number of hydrogen-bond donors (Lipinski definition) is 0. The number of thiophene rings is 1. The summed E-state index contributed by atoms with van der Waals surface area (Å²) in [5.74, 6) is 1.05. The summed E-state index contributed by atoms with van der Waals surface area (Å²) < 4.78 is 2.21. The molecule has 3 aromatic rings. The van der Waals surface area contributed by atoms with Crippen molar-refractivity contribution in [1.29, 1.82) is 0 Å². The third-order valence-corrected chi connectivity index (χ3v) is 3.96. The minimum atomic E-state index is 0.871. The van der Waals surface area contributed by atoms with Crippen LogP contribution in [0.25, 0.3) is 10.7 Å². The van der Waals surface area contributed by atoms with Crippen LogP contribution in [-0.4, -0.2) is 9.55 Å². The lowest BCUT2D eigenvalue weighted by Crippen LogP contribution is -2.01. The Morgan fingerprint density at radius 3 is 2.63 bits per heavy atom. The van der Waals surface area contributed by atoms with Crippen LogP contribution in [0.4, 0.5) is 0 Å². The zero-order valence-corrected chi connectivity index (χ0v) is 11.9. The summed E-state index contributed by atoms with van der Waals surface area (Å²) in [4.78, 5) is 5.69. The van der Waals surface area contributed by atoms with E-state index < -0.39 is 0 Å². The number of hydrogen-bond acceptors (Lipinski definition) is 2. The predicted octanol–water partition coefficient (Wildman–Crippen LogP) is 4.28. The molecule has 0 unspecified atom stereocenters. The van der Waals surface area contributed by atoms with E-state index in [1.807, 2.05) is 12.4 Å². The van der Waals surface area contributed by atoms with Crippen LogP contribution in [0.1, 0.15) is 16.7 Å². The largest absolute Gasteiger partial charge is 0.326 e. The molecule has 0 spiro atoms. The third-order valence-electron chi connectivity index (χ3n) is 3.09. The first kappa shape index (κ1) is 12.2. The monoisotopic (exact) mass is 268 g/mol. The standard InChI is InChI=1S/C16H16N2S/c1-12-8-13(2)10-14(9-12)11-18-6-5-17-16(18)15-4-3-7-19-15/h3-10H,11H2,1-2H3. The number of aromatic nitrogens is 2. The van der Waals surface area contributed by atoms with Gasteiger partial charge in [-0.15, -0.1) is 11.3 Å². The van der Waals surface area contributed by atoms with Crippen LogP contribution in [0, 0.1) is 13.8 Å². The van der Waals surface area contributed by atoms with Gasteiger partial charge in [0.2, 0.25) is 0 Å². The van der Waals surface area contributed by atoms with Crippen LogP contribution in [0.15, 0.2) is 48.1 Å². The van der Waals surface area contributed by atoms with E-state index in [0.29, 0.717) is 0 Å². The van der Waals surface area contributed by atoms with Crippen molar-refractivity contribution in [2.75, 3.05) is 0 Å². The minimum absolute atomic E-state index is 0.871. The predicted molar refractivity (Wildman–Crippen MR) is 80.6 cm³/mol. The van der Waals surface area contributed by atoms with E-state index in [0.717, 1.165) is 12.4 Å². The smallest absolute Gasteiger partial charge is 0.150 e. The van der Waals surface area contributed by atoms with Gasteiger partial charge < -0.3 is 4.57 Å². The fourth-order valence-electron chi connectivity index (χ4n) is 2.42. The average Bonchev–Trinajstić information content (AvgIpc) is 2.96. The van der Waals surface area contributed by atoms with Gasteiger partial charge in [-0.05, 0) is 30.9 Å². The van der Waals surface area contributed by atoms with E-state index in [1.54, 1.807) is 11.3 Å². The maximum absolute atomic E-state index is 4.47.